The zero-order chi connectivity index (χ0) is 11.2. The number of nitrogens with one attached hydrogen (secondary N) is 1. The van der Waals surface area contributed by atoms with Gasteiger partial charge >= 0.3 is 0 Å². The van der Waals surface area contributed by atoms with Gasteiger partial charge in [0, 0.05) is 35.1 Å². The van der Waals surface area contributed by atoms with Crippen LogP contribution in [0.1, 0.15) is 32.6 Å². The zero-order valence-corrected chi connectivity index (χ0v) is 10.7. The highest BCUT2D eigenvalue weighted by atomic mass is 32.2. The first-order chi connectivity index (χ1) is 7.84. The van der Waals surface area contributed by atoms with Crippen molar-refractivity contribution >= 4 is 11.8 Å². The van der Waals surface area contributed by atoms with Gasteiger partial charge in [0.2, 0.25) is 0 Å². The van der Waals surface area contributed by atoms with Gasteiger partial charge in [-0.1, -0.05) is 19.8 Å². The smallest absolute Gasteiger partial charge is 0.0278 e. The predicted octanol–water partition coefficient (Wildman–Crippen LogP) is 3.09. The van der Waals surface area contributed by atoms with E-state index < -0.39 is 0 Å². The highest BCUT2D eigenvalue weighted by Gasteiger charge is 2.15. The largest absolute Gasteiger partial charge is 0.313 e. The molecule has 1 aliphatic rings. The van der Waals surface area contributed by atoms with E-state index in [0.717, 1.165) is 12.6 Å². The second-order valence-electron chi connectivity index (χ2n) is 4.50. The second-order valence-corrected chi connectivity index (χ2v) is 6.01. The van der Waals surface area contributed by atoms with Gasteiger partial charge in [0.25, 0.3) is 0 Å². The molecule has 0 amide bonds. The van der Waals surface area contributed by atoms with Crippen LogP contribution in [0.3, 0.4) is 0 Å². The number of aromatic nitrogens is 1. The molecule has 1 aliphatic carbocycles. The van der Waals surface area contributed by atoms with Gasteiger partial charge in [0.15, 0.2) is 0 Å². The number of hydrogen-bond acceptors (Lipinski definition) is 3. The Bertz CT molecular complexity index is 296. The number of rotatable bonds is 5. The fourth-order valence-corrected chi connectivity index (χ4v) is 3.08. The minimum Gasteiger partial charge on any atom is -0.313 e. The zero-order valence-electron chi connectivity index (χ0n) is 9.86. The number of thioether (sulfide) groups is 1. The minimum absolute atomic E-state index is 0.628. The van der Waals surface area contributed by atoms with Gasteiger partial charge in [-0.25, -0.2) is 0 Å². The molecule has 0 bridgehead atoms. The van der Waals surface area contributed by atoms with Crippen molar-refractivity contribution < 1.29 is 0 Å². The maximum Gasteiger partial charge on any atom is 0.0278 e. The first-order valence-corrected chi connectivity index (χ1v) is 7.02. The molecule has 2 nitrogen and oxygen atoms in total. The van der Waals surface area contributed by atoms with Crippen LogP contribution in [0.2, 0.25) is 0 Å². The molecule has 0 aromatic carbocycles. The van der Waals surface area contributed by atoms with Crippen molar-refractivity contribution in [1.29, 1.82) is 0 Å². The summed E-state index contributed by atoms with van der Waals surface area (Å²) in [4.78, 5) is 5.35. The molecule has 1 saturated carbocycles. The van der Waals surface area contributed by atoms with Crippen molar-refractivity contribution in [3.05, 3.63) is 24.5 Å². The van der Waals surface area contributed by atoms with Crippen LogP contribution in [0, 0.1) is 0 Å². The molecule has 1 aromatic heterocycles. The lowest BCUT2D eigenvalue weighted by atomic mass is 10.2. The predicted molar refractivity (Wildman–Crippen MR) is 69.8 cm³/mol. The lowest BCUT2D eigenvalue weighted by molar-refractivity contribution is 0.527. The van der Waals surface area contributed by atoms with E-state index in [0.29, 0.717) is 5.25 Å². The Morgan fingerprint density at radius 2 is 2.06 bits per heavy atom. The Morgan fingerprint density at radius 1 is 1.38 bits per heavy atom. The first-order valence-electron chi connectivity index (χ1n) is 6.14. The number of nitrogens with zero attached hydrogens (tertiary/aromatic N) is 1. The highest BCUT2D eigenvalue weighted by Crippen LogP contribution is 2.23. The van der Waals surface area contributed by atoms with E-state index in [1.54, 1.807) is 0 Å². The van der Waals surface area contributed by atoms with Crippen LogP contribution in [0.5, 0.6) is 0 Å². The lowest BCUT2D eigenvalue weighted by Gasteiger charge is -2.16. The average molecular weight is 236 g/mol. The Labute approximate surface area is 102 Å². The van der Waals surface area contributed by atoms with Gasteiger partial charge in [0.05, 0.1) is 0 Å². The van der Waals surface area contributed by atoms with Crippen molar-refractivity contribution in [1.82, 2.24) is 10.3 Å². The van der Waals surface area contributed by atoms with Crippen molar-refractivity contribution in [3.8, 4) is 0 Å². The van der Waals surface area contributed by atoms with Crippen LogP contribution in [-0.2, 0) is 0 Å². The minimum atomic E-state index is 0.628. The van der Waals surface area contributed by atoms with E-state index in [1.807, 2.05) is 24.2 Å². The molecule has 1 unspecified atom stereocenters. The molecule has 88 valence electrons. The maximum absolute atomic E-state index is 4.03. The third-order valence-corrected chi connectivity index (χ3v) is 4.15. The van der Waals surface area contributed by atoms with Crippen LogP contribution in [-0.4, -0.2) is 22.8 Å². The molecule has 0 aliphatic heterocycles. The summed E-state index contributed by atoms with van der Waals surface area (Å²) in [7, 11) is 0. The molecule has 1 fully saturated rings. The van der Waals surface area contributed by atoms with Gasteiger partial charge in [-0.05, 0) is 25.0 Å². The van der Waals surface area contributed by atoms with Crippen molar-refractivity contribution in [2.45, 2.75) is 48.8 Å². The summed E-state index contributed by atoms with van der Waals surface area (Å²) >= 11 is 1.92. The Kier molecular flexibility index (Phi) is 4.67. The standard InChI is InChI=1S/C13H20N2S/c1-11(10-15-12-4-2-3-5-12)16-13-6-8-14-9-7-13/h6-9,11-12,15H,2-5,10H2,1H3. The molecule has 0 radical (unpaired) electrons. The molecule has 3 heteroatoms. The Balaban J connectivity index is 1.69. The van der Waals surface area contributed by atoms with Crippen LogP contribution < -0.4 is 5.32 Å². The first kappa shape index (κ1) is 11.9. The second kappa shape index (κ2) is 6.26. The summed E-state index contributed by atoms with van der Waals surface area (Å²) in [5, 5.41) is 4.29. The van der Waals surface area contributed by atoms with E-state index in [9.17, 15) is 0 Å². The molecule has 0 saturated heterocycles. The summed E-state index contributed by atoms with van der Waals surface area (Å²) in [5.41, 5.74) is 0. The van der Waals surface area contributed by atoms with Gasteiger partial charge < -0.3 is 5.32 Å². The molecule has 1 aromatic rings. The van der Waals surface area contributed by atoms with Gasteiger partial charge in [-0.3, -0.25) is 4.98 Å². The Hall–Kier alpha value is -0.540. The molecular formula is C13H20N2S. The van der Waals surface area contributed by atoms with Gasteiger partial charge in [-0.2, -0.15) is 0 Å². The van der Waals surface area contributed by atoms with E-state index >= 15 is 0 Å². The molecule has 2 rings (SSSR count). The van der Waals surface area contributed by atoms with E-state index in [1.165, 1.54) is 30.6 Å². The molecule has 1 heterocycles. The quantitative estimate of drug-likeness (QED) is 0.795. The van der Waals surface area contributed by atoms with Crippen molar-refractivity contribution in [2.75, 3.05) is 6.54 Å². The summed E-state index contributed by atoms with van der Waals surface area (Å²) in [6.07, 6.45) is 9.27. The van der Waals surface area contributed by atoms with Crippen LogP contribution >= 0.6 is 11.8 Å². The third-order valence-electron chi connectivity index (χ3n) is 3.04. The molecule has 1 N–H and O–H groups in total. The molecular weight excluding hydrogens is 216 g/mol. The van der Waals surface area contributed by atoms with Crippen molar-refractivity contribution in [3.63, 3.8) is 0 Å². The fraction of sp³-hybridized carbons (Fsp3) is 0.615. The highest BCUT2D eigenvalue weighted by molar-refractivity contribution is 8.00. The molecule has 1 atom stereocenters. The van der Waals surface area contributed by atoms with Crippen LogP contribution in [0.15, 0.2) is 29.4 Å². The summed E-state index contributed by atoms with van der Waals surface area (Å²) in [5.74, 6) is 0. The summed E-state index contributed by atoms with van der Waals surface area (Å²) in [6, 6.07) is 4.94. The van der Waals surface area contributed by atoms with Crippen molar-refractivity contribution in [2.24, 2.45) is 0 Å². The van der Waals surface area contributed by atoms with Crippen LogP contribution in [0.25, 0.3) is 0 Å². The summed E-state index contributed by atoms with van der Waals surface area (Å²) < 4.78 is 0. The monoisotopic (exact) mass is 236 g/mol. The van der Waals surface area contributed by atoms with Gasteiger partial charge in [0.1, 0.15) is 0 Å². The molecule has 0 spiro atoms. The van der Waals surface area contributed by atoms with E-state index in [-0.39, 0.29) is 0 Å². The fourth-order valence-electron chi connectivity index (χ4n) is 2.15. The normalized spacial score (nSPS) is 18.8. The van der Waals surface area contributed by atoms with Crippen LogP contribution in [0.4, 0.5) is 0 Å². The average Bonchev–Trinajstić information content (AvgIpc) is 2.81. The SMILES string of the molecule is CC(CNC1CCCC1)Sc1ccncc1. The third kappa shape index (κ3) is 3.80. The van der Waals surface area contributed by atoms with E-state index in [4.69, 9.17) is 0 Å². The van der Waals surface area contributed by atoms with E-state index in [2.05, 4.69) is 29.4 Å². The lowest BCUT2D eigenvalue weighted by Crippen LogP contribution is -2.31. The summed E-state index contributed by atoms with van der Waals surface area (Å²) in [6.45, 7) is 3.39. The topological polar surface area (TPSA) is 24.9 Å². The maximum atomic E-state index is 4.03. The number of hydrogen-bond donors (Lipinski definition) is 1. The Morgan fingerprint density at radius 3 is 2.75 bits per heavy atom. The van der Waals surface area contributed by atoms with Gasteiger partial charge in [-0.15, -0.1) is 11.8 Å². The molecule has 16 heavy (non-hydrogen) atoms. The number of pyridine rings is 1.